The Kier molecular flexibility index (Phi) is 5.03. The molecule has 0 aromatic heterocycles. The molecule has 1 aliphatic carbocycles. The lowest BCUT2D eigenvalue weighted by molar-refractivity contribution is -0.116. The Balaban J connectivity index is 1.75. The summed E-state index contributed by atoms with van der Waals surface area (Å²) in [6.07, 6.45) is 3.57. The molecule has 1 aliphatic rings. The Hall–Kier alpha value is -2.82. The molecule has 5 nitrogen and oxygen atoms in total. The number of methoxy groups -OCH3 is 1. The fourth-order valence-corrected chi connectivity index (χ4v) is 3.45. The summed E-state index contributed by atoms with van der Waals surface area (Å²) in [4.78, 5) is 23.9. The van der Waals surface area contributed by atoms with Crippen LogP contribution in [0.5, 0.6) is 5.75 Å². The van der Waals surface area contributed by atoms with Crippen molar-refractivity contribution in [3.8, 4) is 5.75 Å². The normalized spacial score (nSPS) is 16.0. The van der Waals surface area contributed by atoms with Crippen molar-refractivity contribution in [3.05, 3.63) is 59.2 Å². The van der Waals surface area contributed by atoms with Gasteiger partial charge in [0.15, 0.2) is 0 Å². The maximum atomic E-state index is 12.6. The van der Waals surface area contributed by atoms with Gasteiger partial charge in [0.1, 0.15) is 5.75 Å². The van der Waals surface area contributed by atoms with E-state index in [1.807, 2.05) is 12.1 Å². The second-order valence-electron chi connectivity index (χ2n) is 6.32. The highest BCUT2D eigenvalue weighted by molar-refractivity contribution is 5.97. The van der Waals surface area contributed by atoms with E-state index < -0.39 is 5.91 Å². The van der Waals surface area contributed by atoms with Crippen LogP contribution in [0.1, 0.15) is 46.7 Å². The molecule has 0 bridgehead atoms. The van der Waals surface area contributed by atoms with Gasteiger partial charge >= 0.3 is 0 Å². The summed E-state index contributed by atoms with van der Waals surface area (Å²) in [5, 5.41) is 2.86. The number of fused-ring (bicyclic) bond motifs is 1. The number of amides is 2. The number of anilines is 1. The minimum atomic E-state index is -0.542. The van der Waals surface area contributed by atoms with Gasteiger partial charge in [0.2, 0.25) is 11.8 Å². The molecule has 2 amide bonds. The third-order valence-electron chi connectivity index (χ3n) is 4.68. The lowest BCUT2D eigenvalue weighted by Gasteiger charge is -2.25. The van der Waals surface area contributed by atoms with Crippen LogP contribution >= 0.6 is 0 Å². The average molecular weight is 338 g/mol. The van der Waals surface area contributed by atoms with Crippen LogP contribution in [0.3, 0.4) is 0 Å². The number of primary amides is 1. The first-order valence-corrected chi connectivity index (χ1v) is 8.44. The zero-order chi connectivity index (χ0) is 17.8. The Morgan fingerprint density at radius 1 is 1.24 bits per heavy atom. The van der Waals surface area contributed by atoms with Crippen LogP contribution in [0.4, 0.5) is 5.69 Å². The number of carbonyl (C=O) groups excluding carboxylic acids is 2. The predicted octanol–water partition coefficient (Wildman–Crippen LogP) is 3.24. The summed E-state index contributed by atoms with van der Waals surface area (Å²) in [7, 11) is 1.52. The van der Waals surface area contributed by atoms with Crippen LogP contribution in [0.25, 0.3) is 0 Å². The van der Waals surface area contributed by atoms with Crippen molar-refractivity contribution in [2.24, 2.45) is 5.73 Å². The summed E-state index contributed by atoms with van der Waals surface area (Å²) < 4.78 is 5.26. The molecule has 1 atom stereocenters. The number of hydrogen-bond acceptors (Lipinski definition) is 3. The highest BCUT2D eigenvalue weighted by atomic mass is 16.5. The van der Waals surface area contributed by atoms with Crippen molar-refractivity contribution in [1.29, 1.82) is 0 Å². The zero-order valence-corrected chi connectivity index (χ0v) is 14.2. The Morgan fingerprint density at radius 2 is 2.04 bits per heavy atom. The SMILES string of the molecule is COc1ccc(C(N)=O)cc1NC(=O)C[C@H]1CCCc2ccccc21. The number of rotatable bonds is 5. The molecule has 0 saturated heterocycles. The predicted molar refractivity (Wildman–Crippen MR) is 96.9 cm³/mol. The second kappa shape index (κ2) is 7.38. The highest BCUT2D eigenvalue weighted by Gasteiger charge is 2.23. The summed E-state index contributed by atoms with van der Waals surface area (Å²) in [6, 6.07) is 13.1. The first-order valence-electron chi connectivity index (χ1n) is 8.44. The number of aryl methyl sites for hydroxylation is 1. The quantitative estimate of drug-likeness (QED) is 0.878. The number of ether oxygens (including phenoxy) is 1. The van der Waals surface area contributed by atoms with Crippen molar-refractivity contribution >= 4 is 17.5 Å². The molecule has 3 N–H and O–H groups in total. The third-order valence-corrected chi connectivity index (χ3v) is 4.68. The van der Waals surface area contributed by atoms with E-state index in [9.17, 15) is 9.59 Å². The molecule has 2 aromatic carbocycles. The number of carbonyl (C=O) groups is 2. The lowest BCUT2D eigenvalue weighted by atomic mass is 9.81. The van der Waals surface area contributed by atoms with E-state index in [2.05, 4.69) is 17.4 Å². The van der Waals surface area contributed by atoms with Crippen molar-refractivity contribution in [1.82, 2.24) is 0 Å². The molecule has 130 valence electrons. The minimum Gasteiger partial charge on any atom is -0.495 e. The fraction of sp³-hybridized carbons (Fsp3) is 0.300. The number of hydrogen-bond donors (Lipinski definition) is 2. The summed E-state index contributed by atoms with van der Waals surface area (Å²) in [6.45, 7) is 0. The van der Waals surface area contributed by atoms with Gasteiger partial charge in [-0.1, -0.05) is 24.3 Å². The monoisotopic (exact) mass is 338 g/mol. The molecule has 0 aliphatic heterocycles. The van der Waals surface area contributed by atoms with Gasteiger partial charge in [0.05, 0.1) is 12.8 Å². The third kappa shape index (κ3) is 3.82. The van der Waals surface area contributed by atoms with Crippen molar-refractivity contribution in [3.63, 3.8) is 0 Å². The second-order valence-corrected chi connectivity index (χ2v) is 6.32. The van der Waals surface area contributed by atoms with E-state index in [0.717, 1.165) is 19.3 Å². The van der Waals surface area contributed by atoms with Crippen LogP contribution in [0, 0.1) is 0 Å². The number of nitrogens with two attached hydrogens (primary N) is 1. The highest BCUT2D eigenvalue weighted by Crippen LogP contribution is 2.34. The lowest BCUT2D eigenvalue weighted by Crippen LogP contribution is -2.19. The molecule has 0 heterocycles. The molecule has 3 rings (SSSR count). The largest absolute Gasteiger partial charge is 0.495 e. The Morgan fingerprint density at radius 3 is 2.80 bits per heavy atom. The summed E-state index contributed by atoms with van der Waals surface area (Å²) >= 11 is 0. The summed E-state index contributed by atoms with van der Waals surface area (Å²) in [5.41, 5.74) is 8.71. The van der Waals surface area contributed by atoms with E-state index in [-0.39, 0.29) is 11.8 Å². The molecular formula is C20H22N2O3. The zero-order valence-electron chi connectivity index (χ0n) is 14.2. The van der Waals surface area contributed by atoms with Crippen LogP contribution in [0.2, 0.25) is 0 Å². The van der Waals surface area contributed by atoms with E-state index >= 15 is 0 Å². The van der Waals surface area contributed by atoms with Crippen LogP contribution in [-0.4, -0.2) is 18.9 Å². The standard InChI is InChI=1S/C20H22N2O3/c1-25-18-10-9-15(20(21)24)11-17(18)22-19(23)12-14-7-4-6-13-5-2-3-8-16(13)14/h2-3,5,8-11,14H,4,6-7,12H2,1H3,(H2,21,24)(H,22,23)/t14-/m1/s1. The molecule has 0 unspecified atom stereocenters. The number of benzene rings is 2. The molecule has 5 heteroatoms. The molecule has 0 spiro atoms. The molecule has 2 aromatic rings. The molecule has 25 heavy (non-hydrogen) atoms. The molecule has 0 saturated carbocycles. The Labute approximate surface area is 147 Å². The van der Waals surface area contributed by atoms with Crippen LogP contribution < -0.4 is 15.8 Å². The van der Waals surface area contributed by atoms with Gasteiger partial charge in [-0.25, -0.2) is 0 Å². The van der Waals surface area contributed by atoms with E-state index in [1.54, 1.807) is 18.2 Å². The molecular weight excluding hydrogens is 316 g/mol. The first kappa shape index (κ1) is 17.0. The average Bonchev–Trinajstić information content (AvgIpc) is 2.62. The van der Waals surface area contributed by atoms with Crippen molar-refractivity contribution < 1.29 is 14.3 Å². The smallest absolute Gasteiger partial charge is 0.248 e. The maximum absolute atomic E-state index is 12.6. The number of nitrogens with one attached hydrogen (secondary N) is 1. The van der Waals surface area contributed by atoms with E-state index in [1.165, 1.54) is 18.2 Å². The van der Waals surface area contributed by atoms with Gasteiger partial charge in [0.25, 0.3) is 0 Å². The first-order chi connectivity index (χ1) is 12.1. The van der Waals surface area contributed by atoms with Gasteiger partial charge in [-0.3, -0.25) is 9.59 Å². The molecule has 0 radical (unpaired) electrons. The summed E-state index contributed by atoms with van der Waals surface area (Å²) in [5.74, 6) is 0.0821. The van der Waals surface area contributed by atoms with Crippen molar-refractivity contribution in [2.75, 3.05) is 12.4 Å². The van der Waals surface area contributed by atoms with E-state index in [4.69, 9.17) is 10.5 Å². The minimum absolute atomic E-state index is 0.0957. The van der Waals surface area contributed by atoms with E-state index in [0.29, 0.717) is 23.4 Å². The maximum Gasteiger partial charge on any atom is 0.248 e. The van der Waals surface area contributed by atoms with Gasteiger partial charge in [-0.2, -0.15) is 0 Å². The molecule has 0 fully saturated rings. The van der Waals surface area contributed by atoms with Gasteiger partial charge in [-0.15, -0.1) is 0 Å². The van der Waals surface area contributed by atoms with Gasteiger partial charge in [-0.05, 0) is 54.5 Å². The van der Waals surface area contributed by atoms with Crippen LogP contribution in [-0.2, 0) is 11.2 Å². The van der Waals surface area contributed by atoms with Crippen molar-refractivity contribution in [2.45, 2.75) is 31.6 Å². The topological polar surface area (TPSA) is 81.4 Å². The van der Waals surface area contributed by atoms with Gasteiger partial charge < -0.3 is 15.8 Å². The van der Waals surface area contributed by atoms with Crippen LogP contribution in [0.15, 0.2) is 42.5 Å². The fourth-order valence-electron chi connectivity index (χ4n) is 3.45. The van der Waals surface area contributed by atoms with Gasteiger partial charge in [0, 0.05) is 12.0 Å². The Bertz CT molecular complexity index is 801.